The second-order valence-corrected chi connectivity index (χ2v) is 5.18. The van der Waals surface area contributed by atoms with Gasteiger partial charge in [0.25, 0.3) is 5.91 Å². The summed E-state index contributed by atoms with van der Waals surface area (Å²) in [5.74, 6) is -0.121. The molecular formula is C16H13ClFNO3. The molecule has 4 nitrogen and oxygen atoms in total. The normalized spacial score (nSPS) is 13.4. The zero-order chi connectivity index (χ0) is 15.5. The molecule has 2 aromatic rings. The second-order valence-electron chi connectivity index (χ2n) is 4.77. The van der Waals surface area contributed by atoms with E-state index >= 15 is 0 Å². The summed E-state index contributed by atoms with van der Waals surface area (Å²) in [4.78, 5) is 12.3. The molecule has 0 unspecified atom stereocenters. The van der Waals surface area contributed by atoms with Gasteiger partial charge in [-0.3, -0.25) is 4.79 Å². The minimum Gasteiger partial charge on any atom is -0.489 e. The molecule has 0 aliphatic carbocycles. The Kier molecular flexibility index (Phi) is 4.15. The van der Waals surface area contributed by atoms with Crippen LogP contribution in [-0.4, -0.2) is 19.1 Å². The number of ether oxygens (including phenoxy) is 2. The average molecular weight is 322 g/mol. The Morgan fingerprint density at radius 1 is 1.18 bits per heavy atom. The molecule has 3 rings (SSSR count). The summed E-state index contributed by atoms with van der Waals surface area (Å²) < 4.78 is 24.6. The van der Waals surface area contributed by atoms with Crippen LogP contribution in [0.3, 0.4) is 0 Å². The number of benzene rings is 2. The highest BCUT2D eigenvalue weighted by Crippen LogP contribution is 2.38. The van der Waals surface area contributed by atoms with E-state index in [1.54, 1.807) is 18.2 Å². The molecule has 1 N–H and O–H groups in total. The Balaban J connectivity index is 1.88. The molecule has 1 aliphatic heterocycles. The Labute approximate surface area is 131 Å². The first kappa shape index (κ1) is 14.7. The van der Waals surface area contributed by atoms with Crippen LogP contribution in [0.1, 0.15) is 16.8 Å². The average Bonchev–Trinajstić information content (AvgIpc) is 2.75. The molecule has 0 bridgehead atoms. The molecule has 1 aliphatic rings. The molecule has 6 heteroatoms. The summed E-state index contributed by atoms with van der Waals surface area (Å²) in [5.41, 5.74) is 0.383. The van der Waals surface area contributed by atoms with Crippen molar-refractivity contribution in [3.63, 3.8) is 0 Å². The van der Waals surface area contributed by atoms with Crippen LogP contribution in [0.2, 0.25) is 5.02 Å². The van der Waals surface area contributed by atoms with Gasteiger partial charge in [-0.25, -0.2) is 4.39 Å². The molecule has 0 atom stereocenters. The van der Waals surface area contributed by atoms with E-state index < -0.39 is 11.7 Å². The first-order valence-corrected chi connectivity index (χ1v) is 7.18. The molecular weight excluding hydrogens is 309 g/mol. The van der Waals surface area contributed by atoms with Crippen molar-refractivity contribution < 1.29 is 18.7 Å². The van der Waals surface area contributed by atoms with Crippen LogP contribution in [-0.2, 0) is 0 Å². The van der Waals surface area contributed by atoms with Crippen molar-refractivity contribution in [1.82, 2.24) is 0 Å². The molecule has 0 radical (unpaired) electrons. The molecule has 22 heavy (non-hydrogen) atoms. The zero-order valence-electron chi connectivity index (χ0n) is 11.6. The van der Waals surface area contributed by atoms with E-state index in [-0.39, 0.29) is 16.3 Å². The lowest BCUT2D eigenvalue weighted by atomic mass is 10.1. The van der Waals surface area contributed by atoms with Crippen molar-refractivity contribution in [3.8, 4) is 11.5 Å². The maximum absolute atomic E-state index is 13.6. The SMILES string of the molecule is O=C(Nc1ccccc1F)c1cc(Cl)c2c(c1)OCCCO2. The number of halogens is 2. The third kappa shape index (κ3) is 2.99. The number of para-hydroxylation sites is 1. The Morgan fingerprint density at radius 3 is 2.77 bits per heavy atom. The minimum atomic E-state index is -0.503. The van der Waals surface area contributed by atoms with Gasteiger partial charge in [0, 0.05) is 12.0 Å². The number of carbonyl (C=O) groups is 1. The molecule has 0 spiro atoms. The van der Waals surface area contributed by atoms with E-state index in [4.69, 9.17) is 21.1 Å². The third-order valence-corrected chi connectivity index (χ3v) is 3.47. The minimum absolute atomic E-state index is 0.107. The van der Waals surface area contributed by atoms with Crippen molar-refractivity contribution in [2.24, 2.45) is 0 Å². The number of hydrogen-bond donors (Lipinski definition) is 1. The maximum atomic E-state index is 13.6. The first-order chi connectivity index (χ1) is 10.6. The van der Waals surface area contributed by atoms with Crippen molar-refractivity contribution in [1.29, 1.82) is 0 Å². The monoisotopic (exact) mass is 321 g/mol. The second kappa shape index (κ2) is 6.23. The van der Waals surface area contributed by atoms with Crippen molar-refractivity contribution in [3.05, 3.63) is 52.8 Å². The van der Waals surface area contributed by atoms with Gasteiger partial charge < -0.3 is 14.8 Å². The van der Waals surface area contributed by atoms with Crippen LogP contribution in [0, 0.1) is 5.82 Å². The summed E-state index contributed by atoms with van der Waals surface area (Å²) in [7, 11) is 0. The summed E-state index contributed by atoms with van der Waals surface area (Å²) in [6, 6.07) is 8.97. The fourth-order valence-electron chi connectivity index (χ4n) is 2.12. The standard InChI is InChI=1S/C16H13ClFNO3/c17-11-8-10(9-14-15(11)22-7-3-6-21-14)16(20)19-13-5-2-1-4-12(13)18/h1-2,4-5,8-9H,3,6-7H2,(H,19,20). The molecule has 0 aromatic heterocycles. The number of amides is 1. The Hall–Kier alpha value is -2.27. The van der Waals surface area contributed by atoms with Gasteiger partial charge in [-0.05, 0) is 24.3 Å². The highest BCUT2D eigenvalue weighted by Gasteiger charge is 2.19. The van der Waals surface area contributed by atoms with E-state index in [1.807, 2.05) is 0 Å². The van der Waals surface area contributed by atoms with Crippen LogP contribution < -0.4 is 14.8 Å². The Morgan fingerprint density at radius 2 is 1.95 bits per heavy atom. The smallest absolute Gasteiger partial charge is 0.255 e. The summed E-state index contributed by atoms with van der Waals surface area (Å²) in [6.45, 7) is 0.995. The molecule has 114 valence electrons. The molecule has 0 saturated heterocycles. The number of fused-ring (bicyclic) bond motifs is 1. The third-order valence-electron chi connectivity index (χ3n) is 3.19. The fraction of sp³-hybridized carbons (Fsp3) is 0.188. The number of anilines is 1. The molecule has 2 aromatic carbocycles. The predicted molar refractivity (Wildman–Crippen MR) is 81.4 cm³/mol. The van der Waals surface area contributed by atoms with E-state index in [0.29, 0.717) is 24.7 Å². The topological polar surface area (TPSA) is 47.6 Å². The highest BCUT2D eigenvalue weighted by atomic mass is 35.5. The van der Waals surface area contributed by atoms with Crippen LogP contribution in [0.5, 0.6) is 11.5 Å². The first-order valence-electron chi connectivity index (χ1n) is 6.80. The van der Waals surface area contributed by atoms with Crippen LogP contribution in [0.15, 0.2) is 36.4 Å². The van der Waals surface area contributed by atoms with Crippen molar-refractivity contribution in [2.45, 2.75) is 6.42 Å². The lowest BCUT2D eigenvalue weighted by Gasteiger charge is -2.12. The van der Waals surface area contributed by atoms with E-state index in [9.17, 15) is 9.18 Å². The van der Waals surface area contributed by atoms with Crippen LogP contribution in [0.25, 0.3) is 0 Å². The zero-order valence-corrected chi connectivity index (χ0v) is 12.3. The molecule has 0 saturated carbocycles. The lowest BCUT2D eigenvalue weighted by molar-refractivity contribution is 0.102. The van der Waals surface area contributed by atoms with Crippen LogP contribution >= 0.6 is 11.6 Å². The lowest BCUT2D eigenvalue weighted by Crippen LogP contribution is -2.13. The van der Waals surface area contributed by atoms with Crippen molar-refractivity contribution in [2.75, 3.05) is 18.5 Å². The summed E-state index contributed by atoms with van der Waals surface area (Å²) in [5, 5.41) is 2.80. The molecule has 1 heterocycles. The number of rotatable bonds is 2. The molecule has 0 fully saturated rings. The van der Waals surface area contributed by atoms with E-state index in [2.05, 4.69) is 5.32 Å². The Bertz CT molecular complexity index is 721. The fourth-order valence-corrected chi connectivity index (χ4v) is 2.38. The van der Waals surface area contributed by atoms with Gasteiger partial charge in [-0.15, -0.1) is 0 Å². The van der Waals surface area contributed by atoms with E-state index in [0.717, 1.165) is 6.42 Å². The van der Waals surface area contributed by atoms with Gasteiger partial charge in [0.15, 0.2) is 11.5 Å². The van der Waals surface area contributed by atoms with Crippen LogP contribution in [0.4, 0.5) is 10.1 Å². The summed E-state index contributed by atoms with van der Waals surface area (Å²) in [6.07, 6.45) is 0.738. The largest absolute Gasteiger partial charge is 0.489 e. The van der Waals surface area contributed by atoms with Gasteiger partial charge in [0.1, 0.15) is 5.82 Å². The quantitative estimate of drug-likeness (QED) is 0.912. The number of hydrogen-bond acceptors (Lipinski definition) is 3. The maximum Gasteiger partial charge on any atom is 0.255 e. The van der Waals surface area contributed by atoms with Gasteiger partial charge >= 0.3 is 0 Å². The van der Waals surface area contributed by atoms with Gasteiger partial charge in [-0.2, -0.15) is 0 Å². The number of nitrogens with one attached hydrogen (secondary N) is 1. The number of carbonyl (C=O) groups excluding carboxylic acids is 1. The highest BCUT2D eigenvalue weighted by molar-refractivity contribution is 6.32. The van der Waals surface area contributed by atoms with Gasteiger partial charge in [0.05, 0.1) is 23.9 Å². The van der Waals surface area contributed by atoms with E-state index in [1.165, 1.54) is 18.2 Å². The molecule has 1 amide bonds. The predicted octanol–water partition coefficient (Wildman–Crippen LogP) is 3.89. The van der Waals surface area contributed by atoms with Crippen molar-refractivity contribution >= 4 is 23.2 Å². The van der Waals surface area contributed by atoms with Gasteiger partial charge in [0.2, 0.25) is 0 Å². The van der Waals surface area contributed by atoms with Gasteiger partial charge in [-0.1, -0.05) is 23.7 Å². The summed E-state index contributed by atoms with van der Waals surface area (Å²) >= 11 is 6.14.